The van der Waals surface area contributed by atoms with E-state index >= 15 is 0 Å². The zero-order chi connectivity index (χ0) is 15.9. The maximum Gasteiger partial charge on any atom is 0.514 e. The van der Waals surface area contributed by atoms with E-state index in [9.17, 15) is 9.59 Å². The fourth-order valence-electron chi connectivity index (χ4n) is 3.27. The van der Waals surface area contributed by atoms with Crippen molar-refractivity contribution in [3.05, 3.63) is 40.1 Å². The largest absolute Gasteiger partial charge is 0.514 e. The molecule has 4 nitrogen and oxygen atoms in total. The lowest BCUT2D eigenvalue weighted by Crippen LogP contribution is -2.26. The number of fused-ring (bicyclic) bond motifs is 1. The zero-order valence-electron chi connectivity index (χ0n) is 13.3. The maximum absolute atomic E-state index is 12.0. The predicted molar refractivity (Wildman–Crippen MR) is 83.1 cm³/mol. The molecule has 0 bridgehead atoms. The number of carbonyl (C=O) groups excluding carboxylic acids is 1. The van der Waals surface area contributed by atoms with Crippen molar-refractivity contribution in [3.8, 4) is 5.75 Å². The second kappa shape index (κ2) is 5.41. The Morgan fingerprint density at radius 1 is 1.05 bits per heavy atom. The number of rotatable bonds is 2. The first-order valence-electron chi connectivity index (χ1n) is 7.87. The van der Waals surface area contributed by atoms with Gasteiger partial charge in [-0.2, -0.15) is 0 Å². The molecule has 0 heterocycles. The molecule has 0 aromatic heterocycles. The fourth-order valence-corrected chi connectivity index (χ4v) is 3.27. The van der Waals surface area contributed by atoms with Gasteiger partial charge in [0.05, 0.1) is 0 Å². The van der Waals surface area contributed by atoms with Gasteiger partial charge < -0.3 is 9.47 Å². The predicted octanol–water partition coefficient (Wildman–Crippen LogP) is 3.87. The van der Waals surface area contributed by atoms with Gasteiger partial charge in [0.25, 0.3) is 0 Å². The van der Waals surface area contributed by atoms with E-state index in [-0.39, 0.29) is 11.2 Å². The van der Waals surface area contributed by atoms with Gasteiger partial charge >= 0.3 is 6.16 Å². The van der Waals surface area contributed by atoms with Crippen LogP contribution in [-0.4, -0.2) is 11.8 Å². The van der Waals surface area contributed by atoms with Crippen LogP contribution in [-0.2, 0) is 4.74 Å². The zero-order valence-corrected chi connectivity index (χ0v) is 13.3. The highest BCUT2D eigenvalue weighted by Gasteiger charge is 2.45. The third-order valence-corrected chi connectivity index (χ3v) is 4.39. The molecule has 2 aliphatic carbocycles. The van der Waals surface area contributed by atoms with Crippen molar-refractivity contribution in [2.45, 2.75) is 51.6 Å². The second-order valence-electron chi connectivity index (χ2n) is 7.39. The van der Waals surface area contributed by atoms with Crippen LogP contribution in [0.2, 0.25) is 0 Å². The van der Waals surface area contributed by atoms with Gasteiger partial charge in [-0.15, -0.1) is 0 Å². The molecule has 0 N–H and O–H groups in total. The molecule has 2 fully saturated rings. The summed E-state index contributed by atoms with van der Waals surface area (Å²) in [5.41, 5.74) is 0.205. The molecule has 2 aliphatic rings. The van der Waals surface area contributed by atoms with Gasteiger partial charge in [0, 0.05) is 0 Å². The SMILES string of the molecule is CC(C)(C)OC(=O)Oc1ccc(C2CC3CC3C2)ccc1=O. The van der Waals surface area contributed by atoms with E-state index < -0.39 is 11.8 Å². The molecule has 2 unspecified atom stereocenters. The van der Waals surface area contributed by atoms with E-state index in [1.807, 2.05) is 12.1 Å². The molecule has 0 amide bonds. The van der Waals surface area contributed by atoms with E-state index in [0.717, 1.165) is 17.4 Å². The van der Waals surface area contributed by atoms with Crippen LogP contribution in [0, 0.1) is 11.8 Å². The minimum Gasteiger partial charge on any atom is -0.428 e. The van der Waals surface area contributed by atoms with Crippen LogP contribution in [0.1, 0.15) is 51.5 Å². The first kappa shape index (κ1) is 15.1. The van der Waals surface area contributed by atoms with Gasteiger partial charge in [-0.05, 0) is 75.5 Å². The standard InChI is InChI=1S/C18H22O4/c1-18(2,3)22-17(20)21-16-7-5-11(4-6-15(16)19)12-8-13-10-14(13)9-12/h4-7,12-14H,8-10H2,1-3H3. The van der Waals surface area contributed by atoms with Crippen molar-refractivity contribution in [2.75, 3.05) is 0 Å². The van der Waals surface area contributed by atoms with Gasteiger partial charge in [-0.3, -0.25) is 4.79 Å². The summed E-state index contributed by atoms with van der Waals surface area (Å²) in [6, 6.07) is 6.83. The van der Waals surface area contributed by atoms with Gasteiger partial charge in [-0.1, -0.05) is 12.1 Å². The molecular weight excluding hydrogens is 280 g/mol. The highest BCUT2D eigenvalue weighted by Crippen LogP contribution is 2.57. The molecule has 4 heteroatoms. The summed E-state index contributed by atoms with van der Waals surface area (Å²) in [4.78, 5) is 23.7. The summed E-state index contributed by atoms with van der Waals surface area (Å²) in [7, 11) is 0. The third kappa shape index (κ3) is 3.49. The molecule has 0 radical (unpaired) electrons. The quantitative estimate of drug-likeness (QED) is 0.778. The highest BCUT2D eigenvalue weighted by atomic mass is 16.7. The van der Waals surface area contributed by atoms with Crippen LogP contribution < -0.4 is 10.2 Å². The lowest BCUT2D eigenvalue weighted by atomic mass is 9.96. The maximum atomic E-state index is 12.0. The Hall–Kier alpha value is -1.84. The number of hydrogen-bond donors (Lipinski definition) is 0. The van der Waals surface area contributed by atoms with Crippen molar-refractivity contribution in [2.24, 2.45) is 11.8 Å². The molecular formula is C18H22O4. The van der Waals surface area contributed by atoms with Gasteiger partial charge in [-0.25, -0.2) is 4.79 Å². The van der Waals surface area contributed by atoms with Crippen molar-refractivity contribution >= 4 is 6.16 Å². The monoisotopic (exact) mass is 302 g/mol. The molecule has 118 valence electrons. The summed E-state index contributed by atoms with van der Waals surface area (Å²) in [6.45, 7) is 5.25. The molecule has 0 spiro atoms. The van der Waals surface area contributed by atoms with Crippen LogP contribution in [0.25, 0.3) is 0 Å². The van der Waals surface area contributed by atoms with E-state index in [1.165, 1.54) is 25.3 Å². The Morgan fingerprint density at radius 2 is 1.68 bits per heavy atom. The van der Waals surface area contributed by atoms with Gasteiger partial charge in [0.1, 0.15) is 5.60 Å². The molecule has 22 heavy (non-hydrogen) atoms. The Balaban J connectivity index is 1.73. The average molecular weight is 302 g/mol. The smallest absolute Gasteiger partial charge is 0.428 e. The van der Waals surface area contributed by atoms with Crippen molar-refractivity contribution in [1.82, 2.24) is 0 Å². The van der Waals surface area contributed by atoms with Crippen LogP contribution in [0.15, 0.2) is 29.1 Å². The minimum absolute atomic E-state index is 0.0173. The fraction of sp³-hybridized carbons (Fsp3) is 0.556. The van der Waals surface area contributed by atoms with E-state index in [2.05, 4.69) is 0 Å². The number of hydrogen-bond acceptors (Lipinski definition) is 4. The summed E-state index contributed by atoms with van der Waals surface area (Å²) in [6.07, 6.45) is 2.95. The summed E-state index contributed by atoms with van der Waals surface area (Å²) in [5.74, 6) is 2.33. The normalized spacial score (nSPS) is 26.2. The first-order chi connectivity index (χ1) is 10.3. The summed E-state index contributed by atoms with van der Waals surface area (Å²) in [5, 5.41) is 0. The number of ether oxygens (including phenoxy) is 2. The third-order valence-electron chi connectivity index (χ3n) is 4.39. The topological polar surface area (TPSA) is 52.6 Å². The Bertz CT molecular complexity index is 634. The molecule has 2 atom stereocenters. The number of carbonyl (C=O) groups is 1. The summed E-state index contributed by atoms with van der Waals surface area (Å²) >= 11 is 0. The molecule has 1 aromatic carbocycles. The summed E-state index contributed by atoms with van der Waals surface area (Å²) < 4.78 is 10.1. The lowest BCUT2D eigenvalue weighted by molar-refractivity contribution is 0.0204. The Labute approximate surface area is 130 Å². The van der Waals surface area contributed by atoms with E-state index in [1.54, 1.807) is 26.8 Å². The molecule has 2 saturated carbocycles. The van der Waals surface area contributed by atoms with Crippen molar-refractivity contribution < 1.29 is 14.3 Å². The van der Waals surface area contributed by atoms with Crippen LogP contribution in [0.4, 0.5) is 4.79 Å². The van der Waals surface area contributed by atoms with Crippen LogP contribution in [0.5, 0.6) is 5.75 Å². The molecule has 3 rings (SSSR count). The molecule has 1 aromatic rings. The van der Waals surface area contributed by atoms with Gasteiger partial charge in [0.15, 0.2) is 5.75 Å². The highest BCUT2D eigenvalue weighted by molar-refractivity contribution is 5.64. The van der Waals surface area contributed by atoms with Crippen molar-refractivity contribution in [3.63, 3.8) is 0 Å². The van der Waals surface area contributed by atoms with Gasteiger partial charge in [0.2, 0.25) is 5.43 Å². The van der Waals surface area contributed by atoms with Crippen LogP contribution >= 0.6 is 0 Å². The minimum atomic E-state index is -0.848. The lowest BCUT2D eigenvalue weighted by Gasteiger charge is -2.18. The van der Waals surface area contributed by atoms with Crippen molar-refractivity contribution in [1.29, 1.82) is 0 Å². The Kier molecular flexibility index (Phi) is 3.71. The Morgan fingerprint density at radius 3 is 2.32 bits per heavy atom. The second-order valence-corrected chi connectivity index (χ2v) is 7.39. The van der Waals surface area contributed by atoms with E-state index in [4.69, 9.17) is 9.47 Å². The van der Waals surface area contributed by atoms with E-state index in [0.29, 0.717) is 5.92 Å². The molecule has 0 aliphatic heterocycles. The van der Waals surface area contributed by atoms with Crippen LogP contribution in [0.3, 0.4) is 0 Å². The molecule has 0 saturated heterocycles. The average Bonchev–Trinajstić information content (AvgIpc) is 3.05. The first-order valence-corrected chi connectivity index (χ1v) is 7.87.